The lowest BCUT2D eigenvalue weighted by atomic mass is 9.87. The largest absolute Gasteiger partial charge is 0.493 e. The fraction of sp³-hybridized carbons (Fsp3) is 0.579. The van der Waals surface area contributed by atoms with Gasteiger partial charge in [0.25, 0.3) is 5.91 Å². The molecule has 6 heteroatoms. The molecule has 0 aromatic heterocycles. The van der Waals surface area contributed by atoms with E-state index in [1.165, 1.54) is 7.11 Å². The minimum Gasteiger partial charge on any atom is -0.493 e. The van der Waals surface area contributed by atoms with Crippen LogP contribution in [0.2, 0.25) is 0 Å². The molecule has 1 aromatic carbocycles. The number of hydrogen-bond acceptors (Lipinski definition) is 5. The van der Waals surface area contributed by atoms with Crippen molar-refractivity contribution < 1.29 is 23.8 Å². The number of methoxy groups -OCH3 is 2. The summed E-state index contributed by atoms with van der Waals surface area (Å²) in [7, 11) is 3.09. The van der Waals surface area contributed by atoms with Crippen LogP contribution < -0.4 is 14.8 Å². The summed E-state index contributed by atoms with van der Waals surface area (Å²) in [6.45, 7) is 1.99. The molecule has 0 spiro atoms. The van der Waals surface area contributed by atoms with Crippen LogP contribution in [-0.4, -0.2) is 38.7 Å². The van der Waals surface area contributed by atoms with E-state index in [0.29, 0.717) is 11.5 Å². The second-order valence-electron chi connectivity index (χ2n) is 6.55. The summed E-state index contributed by atoms with van der Waals surface area (Å²) in [6.07, 6.45) is 4.32. The van der Waals surface area contributed by atoms with E-state index in [-0.39, 0.29) is 25.0 Å². The highest BCUT2D eigenvalue weighted by atomic mass is 16.5. The third-order valence-electron chi connectivity index (χ3n) is 4.54. The van der Waals surface area contributed by atoms with Crippen LogP contribution in [0, 0.1) is 5.92 Å². The van der Waals surface area contributed by atoms with Gasteiger partial charge in [-0.25, -0.2) is 0 Å². The third-order valence-corrected chi connectivity index (χ3v) is 4.54. The van der Waals surface area contributed by atoms with Gasteiger partial charge < -0.3 is 19.5 Å². The number of carbonyl (C=O) groups excluding carboxylic acids is 2. The van der Waals surface area contributed by atoms with Gasteiger partial charge in [-0.15, -0.1) is 0 Å². The number of esters is 1. The molecule has 138 valence electrons. The Bertz CT molecular complexity index is 593. The average molecular weight is 349 g/mol. The maximum atomic E-state index is 11.9. The number of hydrogen-bond donors (Lipinski definition) is 1. The predicted octanol–water partition coefficient (Wildman–Crippen LogP) is 2.48. The van der Waals surface area contributed by atoms with Crippen LogP contribution in [0.5, 0.6) is 11.5 Å². The summed E-state index contributed by atoms with van der Waals surface area (Å²) in [4.78, 5) is 23.8. The molecule has 1 saturated carbocycles. The van der Waals surface area contributed by atoms with Crippen LogP contribution in [-0.2, 0) is 20.7 Å². The average Bonchev–Trinajstić information content (AvgIpc) is 2.62. The zero-order valence-corrected chi connectivity index (χ0v) is 15.2. The van der Waals surface area contributed by atoms with Crippen molar-refractivity contribution in [1.29, 1.82) is 0 Å². The van der Waals surface area contributed by atoms with Gasteiger partial charge in [0, 0.05) is 6.04 Å². The smallest absolute Gasteiger partial charge is 0.310 e. The summed E-state index contributed by atoms with van der Waals surface area (Å²) in [6, 6.07) is 5.43. The standard InChI is InChI=1S/C19H27NO5/c1-13-4-7-15(8-5-13)20-18(21)12-25-19(22)11-14-6-9-16(23-2)17(10-14)24-3/h6,9-10,13,15H,4-5,7-8,11-12H2,1-3H3,(H,20,21). The molecule has 1 amide bonds. The molecule has 1 aliphatic carbocycles. The summed E-state index contributed by atoms with van der Waals surface area (Å²) >= 11 is 0. The van der Waals surface area contributed by atoms with Crippen molar-refractivity contribution in [2.45, 2.75) is 45.1 Å². The van der Waals surface area contributed by atoms with E-state index in [1.807, 2.05) is 0 Å². The zero-order chi connectivity index (χ0) is 18.2. The summed E-state index contributed by atoms with van der Waals surface area (Å²) in [5.41, 5.74) is 0.740. The fourth-order valence-corrected chi connectivity index (χ4v) is 3.03. The highest BCUT2D eigenvalue weighted by molar-refractivity contribution is 5.81. The summed E-state index contributed by atoms with van der Waals surface area (Å²) in [5, 5.41) is 2.94. The van der Waals surface area contributed by atoms with E-state index in [4.69, 9.17) is 14.2 Å². The van der Waals surface area contributed by atoms with E-state index in [2.05, 4.69) is 12.2 Å². The van der Waals surface area contributed by atoms with Crippen LogP contribution in [0.25, 0.3) is 0 Å². The second kappa shape index (κ2) is 9.30. The number of benzene rings is 1. The second-order valence-corrected chi connectivity index (χ2v) is 6.55. The van der Waals surface area contributed by atoms with Gasteiger partial charge in [0.15, 0.2) is 18.1 Å². The topological polar surface area (TPSA) is 73.9 Å². The summed E-state index contributed by atoms with van der Waals surface area (Å²) in [5.74, 6) is 1.20. The molecule has 1 aromatic rings. The van der Waals surface area contributed by atoms with Crippen molar-refractivity contribution in [1.82, 2.24) is 5.32 Å². The zero-order valence-electron chi connectivity index (χ0n) is 15.2. The minimum atomic E-state index is -0.445. The monoisotopic (exact) mass is 349 g/mol. The number of rotatable bonds is 7. The Morgan fingerprint density at radius 2 is 1.76 bits per heavy atom. The minimum absolute atomic E-state index is 0.0780. The van der Waals surface area contributed by atoms with E-state index in [9.17, 15) is 9.59 Å². The fourth-order valence-electron chi connectivity index (χ4n) is 3.03. The molecular weight excluding hydrogens is 322 g/mol. The van der Waals surface area contributed by atoms with Gasteiger partial charge in [-0.2, -0.15) is 0 Å². The lowest BCUT2D eigenvalue weighted by Crippen LogP contribution is -2.39. The number of ether oxygens (including phenoxy) is 3. The molecular formula is C19H27NO5. The van der Waals surface area contributed by atoms with E-state index >= 15 is 0 Å². The lowest BCUT2D eigenvalue weighted by molar-refractivity contribution is -0.148. The van der Waals surface area contributed by atoms with Gasteiger partial charge >= 0.3 is 5.97 Å². The van der Waals surface area contributed by atoms with E-state index < -0.39 is 5.97 Å². The van der Waals surface area contributed by atoms with Crippen molar-refractivity contribution in [3.63, 3.8) is 0 Å². The molecule has 0 bridgehead atoms. The highest BCUT2D eigenvalue weighted by Gasteiger charge is 2.20. The van der Waals surface area contributed by atoms with Crippen molar-refractivity contribution >= 4 is 11.9 Å². The van der Waals surface area contributed by atoms with Crippen LogP contribution in [0.3, 0.4) is 0 Å². The SMILES string of the molecule is COc1ccc(CC(=O)OCC(=O)NC2CCC(C)CC2)cc1OC. The number of nitrogens with one attached hydrogen (secondary N) is 1. The third kappa shape index (κ3) is 5.96. The van der Waals surface area contributed by atoms with Crippen molar-refractivity contribution in [2.75, 3.05) is 20.8 Å². The number of amides is 1. The predicted molar refractivity (Wildman–Crippen MR) is 93.8 cm³/mol. The van der Waals surface area contributed by atoms with Crippen LogP contribution in [0.4, 0.5) is 0 Å². The molecule has 1 aliphatic rings. The Balaban J connectivity index is 1.75. The molecule has 0 aliphatic heterocycles. The van der Waals surface area contributed by atoms with Crippen molar-refractivity contribution in [3.05, 3.63) is 23.8 Å². The Hall–Kier alpha value is -2.24. The molecule has 1 N–H and O–H groups in total. The Morgan fingerprint density at radius 3 is 2.40 bits per heavy atom. The molecule has 25 heavy (non-hydrogen) atoms. The summed E-state index contributed by atoms with van der Waals surface area (Å²) < 4.78 is 15.4. The Labute approximate surface area is 148 Å². The molecule has 0 saturated heterocycles. The first kappa shape index (κ1) is 19.1. The first-order valence-electron chi connectivity index (χ1n) is 8.67. The van der Waals surface area contributed by atoms with E-state index in [1.54, 1.807) is 25.3 Å². The van der Waals surface area contributed by atoms with Gasteiger partial charge in [0.2, 0.25) is 0 Å². The quantitative estimate of drug-likeness (QED) is 0.766. The molecule has 6 nitrogen and oxygen atoms in total. The molecule has 0 radical (unpaired) electrons. The van der Waals surface area contributed by atoms with Crippen molar-refractivity contribution in [3.8, 4) is 11.5 Å². The highest BCUT2D eigenvalue weighted by Crippen LogP contribution is 2.27. The maximum Gasteiger partial charge on any atom is 0.310 e. The maximum absolute atomic E-state index is 11.9. The van der Waals surface area contributed by atoms with Crippen LogP contribution in [0.15, 0.2) is 18.2 Å². The molecule has 2 rings (SSSR count). The first-order chi connectivity index (χ1) is 12.0. The van der Waals surface area contributed by atoms with Gasteiger partial charge in [0.05, 0.1) is 20.6 Å². The van der Waals surface area contributed by atoms with Crippen LogP contribution in [0.1, 0.15) is 38.2 Å². The normalized spacial score (nSPS) is 19.8. The molecule has 0 atom stereocenters. The first-order valence-corrected chi connectivity index (χ1v) is 8.67. The molecule has 0 heterocycles. The Kier molecular flexibility index (Phi) is 7.10. The van der Waals surface area contributed by atoms with Gasteiger partial charge in [-0.1, -0.05) is 13.0 Å². The number of carbonyl (C=O) groups is 2. The van der Waals surface area contributed by atoms with Crippen LogP contribution >= 0.6 is 0 Å². The lowest BCUT2D eigenvalue weighted by Gasteiger charge is -2.26. The van der Waals surface area contributed by atoms with Gasteiger partial charge in [0.1, 0.15) is 0 Å². The molecule has 0 unspecified atom stereocenters. The van der Waals surface area contributed by atoms with E-state index in [0.717, 1.165) is 37.2 Å². The van der Waals surface area contributed by atoms with Gasteiger partial charge in [-0.3, -0.25) is 9.59 Å². The van der Waals surface area contributed by atoms with Crippen molar-refractivity contribution in [2.24, 2.45) is 5.92 Å². The van der Waals surface area contributed by atoms with Gasteiger partial charge in [-0.05, 0) is 49.3 Å². The Morgan fingerprint density at radius 1 is 1.08 bits per heavy atom. The molecule has 1 fully saturated rings.